The topological polar surface area (TPSA) is 49.8 Å². The van der Waals surface area contributed by atoms with E-state index >= 15 is 0 Å². The third-order valence-electron chi connectivity index (χ3n) is 0.0527. The van der Waals surface area contributed by atoms with Gasteiger partial charge < -0.3 is 0 Å². The van der Waals surface area contributed by atoms with Crippen LogP contribution in [0.2, 0.25) is 0 Å². The fraction of sp³-hybridized carbons (Fsp3) is 0. The second-order valence-electron chi connectivity index (χ2n) is 0.209. The summed E-state index contributed by atoms with van der Waals surface area (Å²) in [5.41, 5.74) is 0. The number of thiocyanates is 1. The number of rotatable bonds is 0. The molecule has 24 valence electrons. The van der Waals surface area contributed by atoms with Gasteiger partial charge in [0.15, 0.2) is 0 Å². The number of hydrogen-bond donors (Lipinski definition) is 1. The van der Waals surface area contributed by atoms with Crippen LogP contribution in [-0.4, -0.2) is 0 Å². The summed E-state index contributed by atoms with van der Waals surface area (Å²) in [5, 5.41) is 13.7. The molecule has 0 bridgehead atoms. The first-order chi connectivity index (χ1) is 1.91. The van der Waals surface area contributed by atoms with E-state index in [-0.39, 0.29) is 19.5 Å². The number of nitriles is 1. The smallest absolute Gasteiger partial charge is 0.149 e. The van der Waals surface area contributed by atoms with Gasteiger partial charge in [0.2, 0.25) is 0 Å². The molecule has 0 rings (SSSR count). The predicted molar refractivity (Wildman–Crippen MR) is 17.4 cm³/mol. The monoisotopic (exact) mass is 138 g/mol. The van der Waals surface area contributed by atoms with Crippen molar-refractivity contribution < 1.29 is 19.5 Å². The molecule has 2 N–H and O–H groups in total. The maximum absolute atomic E-state index is 7.46. The molecular formula is CH2N2SZn. The van der Waals surface area contributed by atoms with Crippen molar-refractivity contribution in [2.75, 3.05) is 0 Å². The van der Waals surface area contributed by atoms with Gasteiger partial charge in [0.25, 0.3) is 0 Å². The van der Waals surface area contributed by atoms with Crippen molar-refractivity contribution >= 4 is 11.9 Å². The summed E-state index contributed by atoms with van der Waals surface area (Å²) in [6.45, 7) is 0. The first-order valence-corrected chi connectivity index (χ1v) is 1.54. The van der Waals surface area contributed by atoms with E-state index in [1.54, 1.807) is 5.40 Å². The van der Waals surface area contributed by atoms with E-state index in [0.717, 1.165) is 0 Å². The van der Waals surface area contributed by atoms with E-state index in [0.29, 0.717) is 11.9 Å². The minimum absolute atomic E-state index is 0. The minimum Gasteiger partial charge on any atom is -0.265 e. The van der Waals surface area contributed by atoms with Gasteiger partial charge in [0, 0.05) is 31.4 Å². The number of hydrogen-bond acceptors (Lipinski definition) is 3. The Hall–Kier alpha value is 0.423. The van der Waals surface area contributed by atoms with Crippen LogP contribution in [0.15, 0.2) is 0 Å². The maximum atomic E-state index is 7.46. The quantitative estimate of drug-likeness (QED) is 0.294. The summed E-state index contributed by atoms with van der Waals surface area (Å²) < 4.78 is 0. The fourth-order valence-corrected chi connectivity index (χ4v) is 0. The minimum atomic E-state index is 0. The van der Waals surface area contributed by atoms with Crippen molar-refractivity contribution in [2.24, 2.45) is 5.14 Å². The second kappa shape index (κ2) is 8.83. The predicted octanol–water partition coefficient (Wildman–Crippen LogP) is 0.0719. The molecule has 0 saturated heterocycles. The molecule has 0 heterocycles. The third-order valence-corrected chi connectivity index (χ3v) is 0.158. The average Bonchev–Trinajstić information content (AvgIpc) is 1.37. The molecule has 4 heteroatoms. The third kappa shape index (κ3) is 12.8. The molecule has 2 nitrogen and oxygen atoms in total. The van der Waals surface area contributed by atoms with E-state index in [1.165, 1.54) is 0 Å². The van der Waals surface area contributed by atoms with Crippen molar-refractivity contribution in [3.8, 4) is 5.40 Å². The zero-order valence-corrected chi connectivity index (χ0v) is 6.42. The molecule has 0 spiro atoms. The maximum Gasteiger partial charge on any atom is 0.149 e. The van der Waals surface area contributed by atoms with Crippen molar-refractivity contribution in [3.63, 3.8) is 0 Å². The summed E-state index contributed by atoms with van der Waals surface area (Å²) in [7, 11) is 0. The zero-order chi connectivity index (χ0) is 3.41. The molecule has 0 aromatic heterocycles. The van der Waals surface area contributed by atoms with Gasteiger partial charge in [0.1, 0.15) is 5.40 Å². The van der Waals surface area contributed by atoms with Crippen LogP contribution in [0.5, 0.6) is 0 Å². The SMILES string of the molecule is N#CSN.[Zn]. The largest absolute Gasteiger partial charge is 0.265 e. The first kappa shape index (κ1) is 9.05. The molecule has 0 aliphatic carbocycles. The van der Waals surface area contributed by atoms with Gasteiger partial charge in [-0.3, -0.25) is 5.14 Å². The van der Waals surface area contributed by atoms with E-state index in [9.17, 15) is 0 Å². The summed E-state index contributed by atoms with van der Waals surface area (Å²) in [5.74, 6) is 0. The van der Waals surface area contributed by atoms with E-state index in [2.05, 4.69) is 5.14 Å². The van der Waals surface area contributed by atoms with Crippen LogP contribution in [0.1, 0.15) is 0 Å². The van der Waals surface area contributed by atoms with Gasteiger partial charge in [-0.1, -0.05) is 0 Å². The Morgan fingerprint density at radius 3 is 2.00 bits per heavy atom. The number of nitrogens with zero attached hydrogens (tertiary/aromatic N) is 1. The van der Waals surface area contributed by atoms with Gasteiger partial charge in [-0.05, 0) is 0 Å². The summed E-state index contributed by atoms with van der Waals surface area (Å²) in [4.78, 5) is 0. The van der Waals surface area contributed by atoms with Crippen LogP contribution in [0.25, 0.3) is 0 Å². The van der Waals surface area contributed by atoms with Crippen LogP contribution in [0.4, 0.5) is 0 Å². The summed E-state index contributed by atoms with van der Waals surface area (Å²) >= 11 is 0.662. The van der Waals surface area contributed by atoms with Crippen LogP contribution in [-0.2, 0) is 19.5 Å². The van der Waals surface area contributed by atoms with E-state index in [4.69, 9.17) is 5.26 Å². The molecule has 0 radical (unpaired) electrons. The Bertz CT molecular complexity index is 39.4. The average molecular weight is 139 g/mol. The van der Waals surface area contributed by atoms with Crippen LogP contribution in [0, 0.1) is 10.7 Å². The van der Waals surface area contributed by atoms with Gasteiger partial charge in [-0.25, -0.2) is 0 Å². The first-order valence-electron chi connectivity index (χ1n) is 0.663. The van der Waals surface area contributed by atoms with E-state index < -0.39 is 0 Å². The normalized spacial score (nSPS) is 4.00. The van der Waals surface area contributed by atoms with Crippen LogP contribution >= 0.6 is 11.9 Å². The fourth-order valence-electron chi connectivity index (χ4n) is 0. The van der Waals surface area contributed by atoms with Crippen molar-refractivity contribution in [2.45, 2.75) is 0 Å². The molecule has 0 unspecified atom stereocenters. The van der Waals surface area contributed by atoms with Crippen LogP contribution in [0.3, 0.4) is 0 Å². The Morgan fingerprint density at radius 2 is 2.00 bits per heavy atom. The van der Waals surface area contributed by atoms with Crippen molar-refractivity contribution in [1.29, 1.82) is 5.26 Å². The van der Waals surface area contributed by atoms with Gasteiger partial charge in [0.05, 0.1) is 0 Å². The molecular weight excluding hydrogens is 137 g/mol. The molecule has 0 saturated carbocycles. The standard InChI is InChI=1S/CH2N2S.Zn/c2-1-4-3;/h3H2;. The van der Waals surface area contributed by atoms with Crippen molar-refractivity contribution in [3.05, 3.63) is 0 Å². The molecule has 0 aliphatic heterocycles. The molecule has 0 aliphatic rings. The Morgan fingerprint density at radius 1 is 1.80 bits per heavy atom. The van der Waals surface area contributed by atoms with E-state index in [1.807, 2.05) is 0 Å². The molecule has 5 heavy (non-hydrogen) atoms. The Balaban J connectivity index is 0. The molecule has 0 aromatic rings. The van der Waals surface area contributed by atoms with Gasteiger partial charge >= 0.3 is 0 Å². The second-order valence-corrected chi connectivity index (χ2v) is 0.627. The summed E-state index contributed by atoms with van der Waals surface area (Å²) in [6.07, 6.45) is 0. The van der Waals surface area contributed by atoms with Crippen molar-refractivity contribution in [1.82, 2.24) is 0 Å². The molecule has 0 atom stereocenters. The van der Waals surface area contributed by atoms with Crippen LogP contribution < -0.4 is 5.14 Å². The Kier molecular flexibility index (Phi) is 16.0. The van der Waals surface area contributed by atoms with Gasteiger partial charge in [-0.2, -0.15) is 5.26 Å². The molecule has 0 amide bonds. The van der Waals surface area contributed by atoms with Gasteiger partial charge in [-0.15, -0.1) is 0 Å². The molecule has 0 aromatic carbocycles. The molecule has 0 fully saturated rings. The Labute approximate surface area is 47.6 Å². The zero-order valence-electron chi connectivity index (χ0n) is 2.64. The summed E-state index contributed by atoms with van der Waals surface area (Å²) in [6, 6.07) is 0. The number of nitrogens with two attached hydrogens (primary N) is 1.